The van der Waals surface area contributed by atoms with Gasteiger partial charge < -0.3 is 5.11 Å². The lowest BCUT2D eigenvalue weighted by atomic mass is 10.1. The number of benzene rings is 1. The molecule has 0 radical (unpaired) electrons. The fourth-order valence-corrected chi connectivity index (χ4v) is 1.89. The van der Waals surface area contributed by atoms with Crippen LogP contribution in [0, 0.1) is 0 Å². The van der Waals surface area contributed by atoms with E-state index in [0.29, 0.717) is 0 Å². The Balaban J connectivity index is 2.95. The number of rotatable bonds is 3. The second kappa shape index (κ2) is 4.97. The Morgan fingerprint density at radius 3 is 2.56 bits per heavy atom. The number of aliphatic carboxylic acids is 1. The molecule has 0 saturated heterocycles. The van der Waals surface area contributed by atoms with Crippen molar-refractivity contribution in [2.24, 2.45) is 0 Å². The first kappa shape index (κ1) is 13.2. The highest BCUT2D eigenvalue weighted by atomic mass is 35.5. The SMILES string of the molecule is O=C(O)Cc1ccc(Cl)c(SC(F)(F)F)c1. The second-order valence-corrected chi connectivity index (χ2v) is 4.40. The smallest absolute Gasteiger partial charge is 0.446 e. The molecular formula is C9H6ClF3O2S. The number of alkyl halides is 3. The van der Waals surface area contributed by atoms with Crippen molar-refractivity contribution in [2.75, 3.05) is 0 Å². The Morgan fingerprint density at radius 2 is 2.06 bits per heavy atom. The molecule has 0 bridgehead atoms. The summed E-state index contributed by atoms with van der Waals surface area (Å²) >= 11 is 5.21. The van der Waals surface area contributed by atoms with Crippen molar-refractivity contribution in [3.05, 3.63) is 28.8 Å². The Hall–Kier alpha value is -0.880. The van der Waals surface area contributed by atoms with Crippen LogP contribution < -0.4 is 0 Å². The minimum atomic E-state index is -4.44. The summed E-state index contributed by atoms with van der Waals surface area (Å²) in [5.74, 6) is -1.11. The summed E-state index contributed by atoms with van der Waals surface area (Å²) in [7, 11) is 0. The molecule has 0 fully saturated rings. The van der Waals surface area contributed by atoms with Crippen LogP contribution in [-0.4, -0.2) is 16.6 Å². The summed E-state index contributed by atoms with van der Waals surface area (Å²) in [5.41, 5.74) is -4.16. The number of hydrogen-bond acceptors (Lipinski definition) is 2. The van der Waals surface area contributed by atoms with E-state index in [0.717, 1.165) is 6.07 Å². The maximum atomic E-state index is 12.1. The lowest BCUT2D eigenvalue weighted by Crippen LogP contribution is -2.02. The van der Waals surface area contributed by atoms with Crippen LogP contribution in [0.15, 0.2) is 23.1 Å². The summed E-state index contributed by atoms with van der Waals surface area (Å²) in [6, 6.07) is 3.78. The molecule has 0 spiro atoms. The quantitative estimate of drug-likeness (QED) is 0.853. The first-order valence-corrected chi connectivity index (χ1v) is 5.23. The molecule has 0 aliphatic heterocycles. The van der Waals surface area contributed by atoms with Gasteiger partial charge in [-0.15, -0.1) is 0 Å². The van der Waals surface area contributed by atoms with Crippen LogP contribution >= 0.6 is 23.4 Å². The van der Waals surface area contributed by atoms with E-state index in [-0.39, 0.29) is 33.7 Å². The van der Waals surface area contributed by atoms with Crippen molar-refractivity contribution in [1.29, 1.82) is 0 Å². The summed E-state index contributed by atoms with van der Waals surface area (Å²) < 4.78 is 36.3. The predicted molar refractivity (Wildman–Crippen MR) is 54.7 cm³/mol. The first-order valence-electron chi connectivity index (χ1n) is 4.04. The van der Waals surface area contributed by atoms with Gasteiger partial charge in [0, 0.05) is 4.90 Å². The van der Waals surface area contributed by atoms with Gasteiger partial charge in [0.1, 0.15) is 0 Å². The van der Waals surface area contributed by atoms with Gasteiger partial charge in [-0.05, 0) is 29.5 Å². The normalized spacial score (nSPS) is 11.5. The van der Waals surface area contributed by atoms with E-state index in [1.54, 1.807) is 0 Å². The van der Waals surface area contributed by atoms with E-state index < -0.39 is 11.5 Å². The third-order valence-electron chi connectivity index (χ3n) is 1.58. The number of thioether (sulfide) groups is 1. The summed E-state index contributed by atoms with van der Waals surface area (Å²) in [6.07, 6.45) is -0.331. The molecule has 0 aliphatic rings. The van der Waals surface area contributed by atoms with Gasteiger partial charge >= 0.3 is 11.5 Å². The van der Waals surface area contributed by atoms with Gasteiger partial charge in [-0.3, -0.25) is 4.79 Å². The van der Waals surface area contributed by atoms with Crippen LogP contribution in [0.5, 0.6) is 0 Å². The fraction of sp³-hybridized carbons (Fsp3) is 0.222. The van der Waals surface area contributed by atoms with Crippen molar-refractivity contribution in [3.63, 3.8) is 0 Å². The molecule has 1 aromatic carbocycles. The molecule has 88 valence electrons. The van der Waals surface area contributed by atoms with Gasteiger partial charge in [0.15, 0.2) is 0 Å². The average molecular weight is 271 g/mol. The molecule has 16 heavy (non-hydrogen) atoms. The van der Waals surface area contributed by atoms with Crippen molar-refractivity contribution in [2.45, 2.75) is 16.8 Å². The maximum Gasteiger partial charge on any atom is 0.446 e. The summed E-state index contributed by atoms with van der Waals surface area (Å²) in [5, 5.41) is 8.45. The standard InChI is InChI=1S/C9H6ClF3O2S/c10-6-2-1-5(4-8(14)15)3-7(6)16-9(11,12)13/h1-3H,4H2,(H,14,15). The van der Waals surface area contributed by atoms with E-state index in [2.05, 4.69) is 0 Å². The van der Waals surface area contributed by atoms with Crippen LogP contribution in [0.25, 0.3) is 0 Å². The number of hydrogen-bond donors (Lipinski definition) is 1. The molecule has 0 unspecified atom stereocenters. The second-order valence-electron chi connectivity index (χ2n) is 2.88. The van der Waals surface area contributed by atoms with Gasteiger partial charge in [0.2, 0.25) is 0 Å². The van der Waals surface area contributed by atoms with Crippen molar-refractivity contribution >= 4 is 29.3 Å². The summed E-state index contributed by atoms with van der Waals surface area (Å²) in [6.45, 7) is 0. The highest BCUT2D eigenvalue weighted by molar-refractivity contribution is 8.00. The molecule has 1 aromatic rings. The molecule has 1 rings (SSSR count). The molecule has 2 nitrogen and oxygen atoms in total. The van der Waals surface area contributed by atoms with Crippen molar-refractivity contribution < 1.29 is 23.1 Å². The Labute approximate surface area is 98.4 Å². The number of carboxylic acid groups (broad SMARTS) is 1. The Bertz CT molecular complexity index is 406. The molecule has 0 aromatic heterocycles. The molecule has 0 heterocycles. The molecular weight excluding hydrogens is 265 g/mol. The van der Waals surface area contributed by atoms with Gasteiger partial charge in [0.05, 0.1) is 11.4 Å². The maximum absolute atomic E-state index is 12.1. The third kappa shape index (κ3) is 4.32. The van der Waals surface area contributed by atoms with Crippen LogP contribution in [0.2, 0.25) is 5.02 Å². The van der Waals surface area contributed by atoms with Crippen molar-refractivity contribution in [3.8, 4) is 0 Å². The summed E-state index contributed by atoms with van der Waals surface area (Å²) in [4.78, 5) is 10.2. The van der Waals surface area contributed by atoms with E-state index >= 15 is 0 Å². The highest BCUT2D eigenvalue weighted by Crippen LogP contribution is 2.40. The monoisotopic (exact) mass is 270 g/mol. The predicted octanol–water partition coefficient (Wildman–Crippen LogP) is 3.58. The van der Waals surface area contributed by atoms with E-state index in [4.69, 9.17) is 16.7 Å². The molecule has 0 aliphatic carbocycles. The van der Waals surface area contributed by atoms with Gasteiger partial charge in [-0.1, -0.05) is 17.7 Å². The van der Waals surface area contributed by atoms with Crippen LogP contribution in [-0.2, 0) is 11.2 Å². The molecule has 0 saturated carbocycles. The zero-order valence-electron chi connectivity index (χ0n) is 7.71. The van der Waals surface area contributed by atoms with Gasteiger partial charge in [-0.25, -0.2) is 0 Å². The fourth-order valence-electron chi connectivity index (χ4n) is 1.04. The lowest BCUT2D eigenvalue weighted by molar-refractivity contribution is -0.136. The van der Waals surface area contributed by atoms with Crippen LogP contribution in [0.3, 0.4) is 0 Å². The van der Waals surface area contributed by atoms with Crippen LogP contribution in [0.4, 0.5) is 13.2 Å². The largest absolute Gasteiger partial charge is 0.481 e. The Kier molecular flexibility index (Phi) is 4.09. The highest BCUT2D eigenvalue weighted by Gasteiger charge is 2.30. The number of carbonyl (C=O) groups is 1. The Morgan fingerprint density at radius 1 is 1.44 bits per heavy atom. The van der Waals surface area contributed by atoms with E-state index in [1.165, 1.54) is 12.1 Å². The number of halogens is 4. The molecule has 0 amide bonds. The minimum absolute atomic E-state index is 0.0449. The zero-order chi connectivity index (χ0) is 12.3. The van der Waals surface area contributed by atoms with Gasteiger partial charge in [0.25, 0.3) is 0 Å². The molecule has 7 heteroatoms. The minimum Gasteiger partial charge on any atom is -0.481 e. The van der Waals surface area contributed by atoms with E-state index in [9.17, 15) is 18.0 Å². The lowest BCUT2D eigenvalue weighted by Gasteiger charge is -2.08. The first-order chi connectivity index (χ1) is 7.28. The van der Waals surface area contributed by atoms with E-state index in [1.807, 2.05) is 0 Å². The molecule has 0 atom stereocenters. The zero-order valence-corrected chi connectivity index (χ0v) is 9.29. The topological polar surface area (TPSA) is 37.3 Å². The third-order valence-corrected chi connectivity index (χ3v) is 2.81. The molecule has 1 N–H and O–H groups in total. The van der Waals surface area contributed by atoms with Gasteiger partial charge in [-0.2, -0.15) is 13.2 Å². The average Bonchev–Trinajstić information content (AvgIpc) is 2.07. The number of carboxylic acids is 1. The van der Waals surface area contributed by atoms with Crippen LogP contribution in [0.1, 0.15) is 5.56 Å². The van der Waals surface area contributed by atoms with Crippen molar-refractivity contribution in [1.82, 2.24) is 0 Å².